The number of fused-ring (bicyclic) bond motifs is 1. The van der Waals surface area contributed by atoms with Crippen molar-refractivity contribution in [2.75, 3.05) is 0 Å². The third-order valence-electron chi connectivity index (χ3n) is 5.15. The van der Waals surface area contributed by atoms with Gasteiger partial charge in [0.15, 0.2) is 0 Å². The first-order valence-electron chi connectivity index (χ1n) is 9.13. The van der Waals surface area contributed by atoms with Crippen molar-refractivity contribution in [3.8, 4) is 11.3 Å². The van der Waals surface area contributed by atoms with Crippen LogP contribution >= 0.6 is 0 Å². The highest BCUT2D eigenvalue weighted by Crippen LogP contribution is 2.27. The number of rotatable bonds is 4. The maximum absolute atomic E-state index is 11.5. The monoisotopic (exact) mass is 349 g/mol. The summed E-state index contributed by atoms with van der Waals surface area (Å²) in [4.78, 5) is 11.5. The van der Waals surface area contributed by atoms with Gasteiger partial charge in [-0.15, -0.1) is 0 Å². The molecule has 1 saturated heterocycles. The van der Waals surface area contributed by atoms with Gasteiger partial charge >= 0.3 is 5.97 Å². The van der Waals surface area contributed by atoms with Crippen LogP contribution in [0, 0.1) is 6.92 Å². The molecule has 0 saturated carbocycles. The van der Waals surface area contributed by atoms with Gasteiger partial charge in [-0.2, -0.15) is 0 Å². The fraction of sp³-hybridized carbons (Fsp3) is 0.318. The maximum Gasteiger partial charge on any atom is 0.308 e. The summed E-state index contributed by atoms with van der Waals surface area (Å²) in [6.07, 6.45) is 0.557. The molecule has 4 nitrogen and oxygen atoms in total. The Kier molecular flexibility index (Phi) is 4.51. The van der Waals surface area contributed by atoms with Gasteiger partial charge in [-0.05, 0) is 41.5 Å². The number of hydrogen-bond donors (Lipinski definition) is 1. The second-order valence-corrected chi connectivity index (χ2v) is 7.07. The van der Waals surface area contributed by atoms with E-state index in [0.29, 0.717) is 12.8 Å². The maximum atomic E-state index is 11.5. The lowest BCUT2D eigenvalue weighted by molar-refractivity contribution is -0.160. The Morgan fingerprint density at radius 3 is 2.73 bits per heavy atom. The smallest absolute Gasteiger partial charge is 0.308 e. The predicted octanol–water partition coefficient (Wildman–Crippen LogP) is 4.07. The molecule has 0 unspecified atom stereocenters. The van der Waals surface area contributed by atoms with E-state index in [1.807, 2.05) is 0 Å². The molecule has 0 amide bonds. The number of aromatic nitrogens is 1. The zero-order valence-corrected chi connectivity index (χ0v) is 14.9. The molecule has 0 radical (unpaired) electrons. The molecule has 1 fully saturated rings. The number of cyclic esters (lactones) is 1. The average Bonchev–Trinajstić information content (AvgIpc) is 2.99. The molecular formula is C22H23NO3. The first-order valence-corrected chi connectivity index (χ1v) is 9.13. The molecule has 1 aliphatic heterocycles. The molecule has 1 N–H and O–H groups in total. The Hall–Kier alpha value is -2.59. The van der Waals surface area contributed by atoms with E-state index in [4.69, 9.17) is 4.74 Å². The van der Waals surface area contributed by atoms with Gasteiger partial charge in [0, 0.05) is 30.8 Å². The van der Waals surface area contributed by atoms with Crippen LogP contribution in [-0.4, -0.2) is 27.9 Å². The van der Waals surface area contributed by atoms with E-state index >= 15 is 0 Å². The Labute approximate surface area is 153 Å². The van der Waals surface area contributed by atoms with Crippen LogP contribution in [0.25, 0.3) is 22.0 Å². The van der Waals surface area contributed by atoms with Crippen molar-refractivity contribution in [2.24, 2.45) is 0 Å². The van der Waals surface area contributed by atoms with E-state index in [2.05, 4.69) is 66.1 Å². The predicted molar refractivity (Wildman–Crippen MR) is 102 cm³/mol. The van der Waals surface area contributed by atoms with Crippen LogP contribution in [0.2, 0.25) is 0 Å². The molecule has 1 aromatic heterocycles. The van der Waals surface area contributed by atoms with Gasteiger partial charge in [0.25, 0.3) is 0 Å². The Bertz CT molecular complexity index is 943. The van der Waals surface area contributed by atoms with Crippen LogP contribution in [0.4, 0.5) is 0 Å². The highest BCUT2D eigenvalue weighted by atomic mass is 16.5. The minimum Gasteiger partial charge on any atom is -0.462 e. The van der Waals surface area contributed by atoms with Crippen LogP contribution < -0.4 is 0 Å². The summed E-state index contributed by atoms with van der Waals surface area (Å²) < 4.78 is 7.65. The highest BCUT2D eigenvalue weighted by Gasteiger charge is 2.27. The standard InChI is InChI=1S/C22H23NO3/c1-15-6-9-21(18-8-7-16-4-2-3-5-17(16)12-18)23(15)11-10-20-13-19(24)14-22(25)26-20/h2-9,12,19-20,24H,10-11,13-14H2,1H3/t19-,20-/m0/s1. The van der Waals surface area contributed by atoms with Crippen molar-refractivity contribution in [1.29, 1.82) is 0 Å². The second kappa shape index (κ2) is 6.96. The Balaban J connectivity index is 1.57. The van der Waals surface area contributed by atoms with Gasteiger partial charge in [0.05, 0.1) is 12.5 Å². The van der Waals surface area contributed by atoms with E-state index in [1.165, 1.54) is 22.0 Å². The number of esters is 1. The van der Waals surface area contributed by atoms with Crippen molar-refractivity contribution < 1.29 is 14.6 Å². The number of hydrogen-bond acceptors (Lipinski definition) is 3. The number of nitrogens with zero attached hydrogens (tertiary/aromatic N) is 1. The van der Waals surface area contributed by atoms with E-state index < -0.39 is 6.10 Å². The third-order valence-corrected chi connectivity index (χ3v) is 5.15. The van der Waals surface area contributed by atoms with E-state index in [-0.39, 0.29) is 18.5 Å². The minimum atomic E-state index is -0.577. The van der Waals surface area contributed by atoms with Crippen LogP contribution in [0.15, 0.2) is 54.6 Å². The molecule has 2 aromatic carbocycles. The number of ether oxygens (including phenoxy) is 1. The van der Waals surface area contributed by atoms with Gasteiger partial charge in [0.1, 0.15) is 6.10 Å². The zero-order chi connectivity index (χ0) is 18.1. The quantitative estimate of drug-likeness (QED) is 0.722. The molecule has 1 aliphatic rings. The molecule has 0 aliphatic carbocycles. The lowest BCUT2D eigenvalue weighted by Gasteiger charge is -2.26. The summed E-state index contributed by atoms with van der Waals surface area (Å²) in [5.41, 5.74) is 3.52. The van der Waals surface area contributed by atoms with Gasteiger partial charge in [-0.1, -0.05) is 36.4 Å². The number of benzene rings is 2. The van der Waals surface area contributed by atoms with Crippen molar-refractivity contribution >= 4 is 16.7 Å². The van der Waals surface area contributed by atoms with E-state index in [9.17, 15) is 9.90 Å². The van der Waals surface area contributed by atoms with Crippen LogP contribution in [0.5, 0.6) is 0 Å². The highest BCUT2D eigenvalue weighted by molar-refractivity contribution is 5.86. The molecule has 134 valence electrons. The topological polar surface area (TPSA) is 51.5 Å². The lowest BCUT2D eigenvalue weighted by atomic mass is 10.0. The summed E-state index contributed by atoms with van der Waals surface area (Å²) in [6.45, 7) is 2.85. The first-order chi connectivity index (χ1) is 12.6. The van der Waals surface area contributed by atoms with E-state index in [1.54, 1.807) is 0 Å². The number of aliphatic hydroxyl groups excluding tert-OH is 1. The minimum absolute atomic E-state index is 0.112. The summed E-state index contributed by atoms with van der Waals surface area (Å²) in [6, 6.07) is 19.1. The van der Waals surface area contributed by atoms with Crippen molar-refractivity contribution in [1.82, 2.24) is 4.57 Å². The second-order valence-electron chi connectivity index (χ2n) is 7.07. The lowest BCUT2D eigenvalue weighted by Crippen LogP contribution is -2.33. The van der Waals surface area contributed by atoms with Crippen molar-refractivity contribution in [3.05, 3.63) is 60.3 Å². The first kappa shape index (κ1) is 16.9. The van der Waals surface area contributed by atoms with Gasteiger partial charge in [-0.25, -0.2) is 0 Å². The van der Waals surface area contributed by atoms with Gasteiger partial charge in [-0.3, -0.25) is 4.79 Å². The average molecular weight is 349 g/mol. The van der Waals surface area contributed by atoms with Crippen LogP contribution in [-0.2, 0) is 16.1 Å². The summed E-state index contributed by atoms with van der Waals surface area (Å²) in [5, 5.41) is 12.2. The van der Waals surface area contributed by atoms with Gasteiger partial charge in [0.2, 0.25) is 0 Å². The third kappa shape index (κ3) is 3.37. The van der Waals surface area contributed by atoms with Crippen molar-refractivity contribution in [3.63, 3.8) is 0 Å². The summed E-state index contributed by atoms with van der Waals surface area (Å²) >= 11 is 0. The Morgan fingerprint density at radius 2 is 1.92 bits per heavy atom. The SMILES string of the molecule is Cc1ccc(-c2ccc3ccccc3c2)n1CC[C@H]1C[C@H](O)CC(=O)O1. The molecular weight excluding hydrogens is 326 g/mol. The zero-order valence-electron chi connectivity index (χ0n) is 14.9. The molecule has 0 bridgehead atoms. The fourth-order valence-corrected chi connectivity index (χ4v) is 3.78. The largest absolute Gasteiger partial charge is 0.462 e. The number of aliphatic hydroxyl groups is 1. The molecule has 4 heteroatoms. The number of carbonyl (C=O) groups is 1. The molecule has 4 rings (SSSR count). The summed E-state index contributed by atoms with van der Waals surface area (Å²) in [7, 11) is 0. The summed E-state index contributed by atoms with van der Waals surface area (Å²) in [5.74, 6) is -0.298. The molecule has 26 heavy (non-hydrogen) atoms. The molecule has 3 aromatic rings. The van der Waals surface area contributed by atoms with Gasteiger partial charge < -0.3 is 14.4 Å². The van der Waals surface area contributed by atoms with E-state index in [0.717, 1.165) is 12.2 Å². The van der Waals surface area contributed by atoms with Crippen molar-refractivity contribution in [2.45, 2.75) is 44.9 Å². The number of carbonyl (C=O) groups excluding carboxylic acids is 1. The number of aryl methyl sites for hydroxylation is 1. The van der Waals surface area contributed by atoms with Crippen LogP contribution in [0.3, 0.4) is 0 Å². The molecule has 2 atom stereocenters. The molecule has 0 spiro atoms. The molecule has 2 heterocycles. The normalized spacial score (nSPS) is 20.3. The fourth-order valence-electron chi connectivity index (χ4n) is 3.78. The van der Waals surface area contributed by atoms with Crippen LogP contribution in [0.1, 0.15) is 25.0 Å². The Morgan fingerprint density at radius 1 is 1.12 bits per heavy atom.